The first-order chi connectivity index (χ1) is 12.6. The van der Waals surface area contributed by atoms with Crippen molar-refractivity contribution in [3.8, 4) is 11.1 Å². The summed E-state index contributed by atoms with van der Waals surface area (Å²) in [6, 6.07) is 18.9. The Morgan fingerprint density at radius 1 is 0.923 bits per heavy atom. The van der Waals surface area contributed by atoms with Crippen LogP contribution in [0, 0.1) is 0 Å². The van der Waals surface area contributed by atoms with Gasteiger partial charge in [0.2, 0.25) is 0 Å². The highest BCUT2D eigenvalue weighted by atomic mass is 32.1. The van der Waals surface area contributed by atoms with E-state index in [2.05, 4.69) is 41.4 Å². The predicted octanol–water partition coefficient (Wildman–Crippen LogP) is 5.61. The number of thiazole rings is 1. The van der Waals surface area contributed by atoms with Gasteiger partial charge in [-0.05, 0) is 36.0 Å². The first kappa shape index (κ1) is 18.2. The lowest BCUT2D eigenvalue weighted by molar-refractivity contribution is 0.0979. The smallest absolute Gasteiger partial charge is 0.191 e. The molecule has 26 heavy (non-hydrogen) atoms. The minimum Gasteiger partial charge on any atom is -0.293 e. The molecule has 0 saturated heterocycles. The molecule has 132 valence electrons. The second kappa shape index (κ2) is 8.68. The molecule has 0 aliphatic rings. The maximum Gasteiger partial charge on any atom is 0.191 e. The summed E-state index contributed by atoms with van der Waals surface area (Å²) in [5.41, 5.74) is 4.11. The van der Waals surface area contributed by atoms with Gasteiger partial charge in [0.25, 0.3) is 0 Å². The molecular formula is C22H21NO2S. The number of hydrogen-bond acceptors (Lipinski definition) is 4. The molecule has 0 amide bonds. The number of unbranched alkanes of at least 4 members (excludes halogenated alkanes) is 1. The van der Waals surface area contributed by atoms with E-state index in [0.29, 0.717) is 17.1 Å². The number of aryl methyl sites for hydroxylation is 1. The molecule has 0 spiro atoms. The van der Waals surface area contributed by atoms with Crippen LogP contribution in [0.1, 0.15) is 52.0 Å². The fourth-order valence-corrected chi connectivity index (χ4v) is 3.61. The summed E-state index contributed by atoms with van der Waals surface area (Å²) in [6.45, 7) is 1.46. The lowest BCUT2D eigenvalue weighted by Gasteiger charge is -2.04. The van der Waals surface area contributed by atoms with Crippen LogP contribution in [0.3, 0.4) is 0 Å². The van der Waals surface area contributed by atoms with Crippen LogP contribution in [-0.4, -0.2) is 16.6 Å². The molecule has 0 N–H and O–H groups in total. The van der Waals surface area contributed by atoms with Crippen LogP contribution in [0.2, 0.25) is 0 Å². The van der Waals surface area contributed by atoms with Crippen LogP contribution in [0.4, 0.5) is 0 Å². The third-order valence-electron chi connectivity index (χ3n) is 4.28. The maximum atomic E-state index is 12.1. The Kier molecular flexibility index (Phi) is 6.08. The van der Waals surface area contributed by atoms with Crippen LogP contribution >= 0.6 is 11.3 Å². The lowest BCUT2D eigenvalue weighted by atomic mass is 10.0. The quantitative estimate of drug-likeness (QED) is 0.386. The van der Waals surface area contributed by atoms with E-state index in [1.807, 2.05) is 18.2 Å². The summed E-state index contributed by atoms with van der Waals surface area (Å²) in [5, 5.41) is 2.10. The Hall–Kier alpha value is -2.59. The van der Waals surface area contributed by atoms with Gasteiger partial charge in [0.05, 0.1) is 0 Å². The number of carbonyl (C=O) groups is 2. The van der Waals surface area contributed by atoms with Crippen LogP contribution in [0.15, 0.2) is 60.0 Å². The molecule has 0 fully saturated rings. The minimum absolute atomic E-state index is 0.0296. The van der Waals surface area contributed by atoms with Gasteiger partial charge in [-0.3, -0.25) is 9.59 Å². The van der Waals surface area contributed by atoms with Crippen molar-refractivity contribution in [2.75, 3.05) is 0 Å². The third kappa shape index (κ3) is 4.73. The SMILES string of the molecule is CC(=O)c1csc(C(=O)CCCCc2ccc(-c3ccccc3)cc2)n1. The van der Waals surface area contributed by atoms with Crippen molar-refractivity contribution < 1.29 is 9.59 Å². The van der Waals surface area contributed by atoms with E-state index in [-0.39, 0.29) is 11.6 Å². The molecule has 4 heteroatoms. The highest BCUT2D eigenvalue weighted by Gasteiger charge is 2.12. The Morgan fingerprint density at radius 2 is 1.62 bits per heavy atom. The van der Waals surface area contributed by atoms with Gasteiger partial charge in [-0.2, -0.15) is 0 Å². The first-order valence-electron chi connectivity index (χ1n) is 8.77. The normalized spacial score (nSPS) is 10.7. The number of Topliss-reactive ketones (excluding diaryl/α,β-unsaturated/α-hetero) is 2. The van der Waals surface area contributed by atoms with Crippen molar-refractivity contribution in [1.29, 1.82) is 0 Å². The highest BCUT2D eigenvalue weighted by molar-refractivity contribution is 7.11. The Morgan fingerprint density at radius 3 is 2.27 bits per heavy atom. The monoisotopic (exact) mass is 363 g/mol. The largest absolute Gasteiger partial charge is 0.293 e. The van der Waals surface area contributed by atoms with E-state index >= 15 is 0 Å². The van der Waals surface area contributed by atoms with E-state index in [1.165, 1.54) is 35.0 Å². The van der Waals surface area contributed by atoms with E-state index in [0.717, 1.165) is 19.3 Å². The molecule has 3 aromatic rings. The van der Waals surface area contributed by atoms with Crippen molar-refractivity contribution in [1.82, 2.24) is 4.98 Å². The van der Waals surface area contributed by atoms with Crippen molar-refractivity contribution in [2.45, 2.75) is 32.6 Å². The van der Waals surface area contributed by atoms with Crippen LogP contribution in [0.5, 0.6) is 0 Å². The van der Waals surface area contributed by atoms with Crippen molar-refractivity contribution in [3.05, 3.63) is 76.2 Å². The van der Waals surface area contributed by atoms with Gasteiger partial charge in [0.1, 0.15) is 5.69 Å². The van der Waals surface area contributed by atoms with Gasteiger partial charge in [0, 0.05) is 18.7 Å². The molecule has 0 atom stereocenters. The zero-order chi connectivity index (χ0) is 18.4. The zero-order valence-electron chi connectivity index (χ0n) is 14.8. The molecule has 0 radical (unpaired) electrons. The second-order valence-corrected chi connectivity index (χ2v) is 7.15. The first-order valence-corrected chi connectivity index (χ1v) is 9.65. The molecule has 0 saturated carbocycles. The summed E-state index contributed by atoms with van der Waals surface area (Å²) in [6.07, 6.45) is 3.22. The number of aromatic nitrogens is 1. The summed E-state index contributed by atoms with van der Waals surface area (Å²) in [7, 11) is 0. The molecule has 1 aromatic heterocycles. The van der Waals surface area contributed by atoms with Gasteiger partial charge >= 0.3 is 0 Å². The van der Waals surface area contributed by atoms with Crippen LogP contribution < -0.4 is 0 Å². The standard InChI is InChI=1S/C22H21NO2S/c1-16(24)20-15-26-22(23-20)21(25)10-6-5-7-17-11-13-19(14-12-17)18-8-3-2-4-9-18/h2-4,8-9,11-15H,5-7,10H2,1H3. The summed E-state index contributed by atoms with van der Waals surface area (Å²) < 4.78 is 0. The highest BCUT2D eigenvalue weighted by Crippen LogP contribution is 2.20. The second-order valence-electron chi connectivity index (χ2n) is 6.29. The molecule has 3 rings (SSSR count). The van der Waals surface area contributed by atoms with Gasteiger partial charge in [0.15, 0.2) is 16.6 Å². The van der Waals surface area contributed by atoms with Crippen molar-refractivity contribution >= 4 is 22.9 Å². The van der Waals surface area contributed by atoms with Crippen LogP contribution in [0.25, 0.3) is 11.1 Å². The average Bonchev–Trinajstić information content (AvgIpc) is 3.17. The van der Waals surface area contributed by atoms with Gasteiger partial charge in [-0.1, -0.05) is 54.6 Å². The van der Waals surface area contributed by atoms with Gasteiger partial charge in [-0.15, -0.1) is 11.3 Å². The van der Waals surface area contributed by atoms with Crippen LogP contribution in [-0.2, 0) is 6.42 Å². The summed E-state index contributed by atoms with van der Waals surface area (Å²) in [4.78, 5) is 27.5. The maximum absolute atomic E-state index is 12.1. The molecule has 0 aliphatic heterocycles. The van der Waals surface area contributed by atoms with Crippen molar-refractivity contribution in [2.24, 2.45) is 0 Å². The number of benzene rings is 2. The zero-order valence-corrected chi connectivity index (χ0v) is 15.6. The molecular weight excluding hydrogens is 342 g/mol. The van der Waals surface area contributed by atoms with Crippen molar-refractivity contribution in [3.63, 3.8) is 0 Å². The average molecular weight is 363 g/mol. The van der Waals surface area contributed by atoms with E-state index in [9.17, 15) is 9.59 Å². The fraction of sp³-hybridized carbons (Fsp3) is 0.227. The summed E-state index contributed by atoms with van der Waals surface area (Å²) in [5.74, 6) is -0.0684. The number of carbonyl (C=O) groups excluding carboxylic acids is 2. The molecule has 3 nitrogen and oxygen atoms in total. The molecule has 2 aromatic carbocycles. The number of nitrogens with zero attached hydrogens (tertiary/aromatic N) is 1. The van der Waals surface area contributed by atoms with Gasteiger partial charge in [-0.25, -0.2) is 4.98 Å². The Balaban J connectivity index is 1.46. The number of hydrogen-bond donors (Lipinski definition) is 0. The van der Waals surface area contributed by atoms with Gasteiger partial charge < -0.3 is 0 Å². The fourth-order valence-electron chi connectivity index (χ4n) is 2.78. The number of rotatable bonds is 8. The number of ketones is 2. The molecule has 0 aliphatic carbocycles. The predicted molar refractivity (Wildman–Crippen MR) is 106 cm³/mol. The lowest BCUT2D eigenvalue weighted by Crippen LogP contribution is -2.00. The third-order valence-corrected chi connectivity index (χ3v) is 5.17. The molecule has 1 heterocycles. The van der Waals surface area contributed by atoms with E-state index < -0.39 is 0 Å². The summed E-state index contributed by atoms with van der Waals surface area (Å²) >= 11 is 1.26. The molecule has 0 bridgehead atoms. The van der Waals surface area contributed by atoms with E-state index in [4.69, 9.17) is 0 Å². The minimum atomic E-state index is -0.0979. The van der Waals surface area contributed by atoms with E-state index in [1.54, 1.807) is 5.38 Å². The topological polar surface area (TPSA) is 47.0 Å². The Labute approximate surface area is 157 Å². The molecule has 0 unspecified atom stereocenters. The Bertz CT molecular complexity index is 882.